The van der Waals surface area contributed by atoms with E-state index in [0.29, 0.717) is 43.1 Å². The van der Waals surface area contributed by atoms with Crippen LogP contribution in [0.5, 0.6) is 0 Å². The minimum Gasteiger partial charge on any atom is -0.465 e. The lowest BCUT2D eigenvalue weighted by Crippen LogP contribution is -2.48. The highest BCUT2D eigenvalue weighted by Crippen LogP contribution is 2.32. The Labute approximate surface area is 154 Å². The SMILES string of the molecule is Cc1cc(-c2ccc(N3CCN(C(=O)O)CC3)nc2C(F)F)cn(C)c1=O. The van der Waals surface area contributed by atoms with Crippen molar-refractivity contribution in [2.45, 2.75) is 13.3 Å². The molecule has 0 unspecified atom stereocenters. The number of hydrogen-bond acceptors (Lipinski definition) is 4. The largest absolute Gasteiger partial charge is 0.465 e. The molecule has 9 heteroatoms. The van der Waals surface area contributed by atoms with Crippen LogP contribution >= 0.6 is 0 Å². The molecule has 144 valence electrons. The lowest BCUT2D eigenvalue weighted by Gasteiger charge is -2.34. The van der Waals surface area contributed by atoms with Crippen molar-refractivity contribution in [3.05, 3.63) is 46.0 Å². The number of nitrogens with zero attached hydrogens (tertiary/aromatic N) is 4. The van der Waals surface area contributed by atoms with Gasteiger partial charge in [-0.25, -0.2) is 18.6 Å². The van der Waals surface area contributed by atoms with E-state index in [1.807, 2.05) is 0 Å². The Morgan fingerprint density at radius 2 is 1.89 bits per heavy atom. The standard InChI is InChI=1S/C18H20F2N4O3/c1-11-9-12(10-22(2)17(11)25)13-3-4-14(21-15(13)16(19)20)23-5-7-24(8-6-23)18(26)27/h3-4,9-10,16H,5-8H2,1-2H3,(H,26,27). The van der Waals surface area contributed by atoms with Crippen molar-refractivity contribution in [3.8, 4) is 11.1 Å². The van der Waals surface area contributed by atoms with Gasteiger partial charge in [0.15, 0.2) is 0 Å². The number of pyridine rings is 2. The van der Waals surface area contributed by atoms with Crippen LogP contribution in [0.3, 0.4) is 0 Å². The Hall–Kier alpha value is -2.97. The maximum atomic E-state index is 13.7. The molecule has 0 bridgehead atoms. The molecule has 1 amide bonds. The van der Waals surface area contributed by atoms with Crippen LogP contribution in [-0.4, -0.2) is 51.8 Å². The van der Waals surface area contributed by atoms with Crippen LogP contribution in [-0.2, 0) is 7.05 Å². The summed E-state index contributed by atoms with van der Waals surface area (Å²) in [5, 5.41) is 9.01. The summed E-state index contributed by atoms with van der Waals surface area (Å²) in [6, 6.07) is 4.81. The number of alkyl halides is 2. The number of carboxylic acid groups (broad SMARTS) is 1. The summed E-state index contributed by atoms with van der Waals surface area (Å²) in [5.74, 6) is 0.389. The molecule has 1 aliphatic heterocycles. The first-order chi connectivity index (χ1) is 12.8. The van der Waals surface area contributed by atoms with Crippen LogP contribution in [0.25, 0.3) is 11.1 Å². The number of aromatic nitrogens is 2. The number of anilines is 1. The minimum atomic E-state index is -2.78. The highest BCUT2D eigenvalue weighted by molar-refractivity contribution is 5.68. The summed E-state index contributed by atoms with van der Waals surface area (Å²) >= 11 is 0. The van der Waals surface area contributed by atoms with Crippen LogP contribution in [0.1, 0.15) is 17.7 Å². The molecule has 1 N–H and O–H groups in total. The smallest absolute Gasteiger partial charge is 0.407 e. The van der Waals surface area contributed by atoms with Crippen molar-refractivity contribution in [3.63, 3.8) is 0 Å². The number of hydrogen-bond donors (Lipinski definition) is 1. The summed E-state index contributed by atoms with van der Waals surface area (Å²) in [5.41, 5.74) is 0.699. The van der Waals surface area contributed by atoms with Crippen LogP contribution in [0.4, 0.5) is 19.4 Å². The second-order valence-electron chi connectivity index (χ2n) is 6.49. The van der Waals surface area contributed by atoms with Gasteiger partial charge >= 0.3 is 6.09 Å². The van der Waals surface area contributed by atoms with Gasteiger partial charge in [0.05, 0.1) is 0 Å². The molecule has 3 heterocycles. The average Bonchev–Trinajstić information content (AvgIpc) is 2.65. The van der Waals surface area contributed by atoms with E-state index in [4.69, 9.17) is 5.11 Å². The van der Waals surface area contributed by atoms with Crippen molar-refractivity contribution in [2.75, 3.05) is 31.1 Å². The molecule has 0 aliphatic carbocycles. The van der Waals surface area contributed by atoms with Gasteiger partial charge in [-0.2, -0.15) is 0 Å². The van der Waals surface area contributed by atoms with E-state index < -0.39 is 12.5 Å². The molecule has 1 fully saturated rings. The third-order valence-corrected chi connectivity index (χ3v) is 4.66. The first-order valence-electron chi connectivity index (χ1n) is 8.47. The fraction of sp³-hybridized carbons (Fsp3) is 0.389. The van der Waals surface area contributed by atoms with Crippen molar-refractivity contribution < 1.29 is 18.7 Å². The van der Waals surface area contributed by atoms with Gasteiger partial charge in [0.1, 0.15) is 11.5 Å². The molecule has 7 nitrogen and oxygen atoms in total. The maximum Gasteiger partial charge on any atom is 0.407 e. The summed E-state index contributed by atoms with van der Waals surface area (Å²) in [6.07, 6.45) is -2.25. The Balaban J connectivity index is 1.95. The molecule has 0 radical (unpaired) electrons. The lowest BCUT2D eigenvalue weighted by molar-refractivity contribution is 0.142. The Kier molecular flexibility index (Phi) is 5.11. The molecule has 1 aliphatic rings. The fourth-order valence-electron chi connectivity index (χ4n) is 3.20. The molecule has 0 spiro atoms. The van der Waals surface area contributed by atoms with Gasteiger partial charge < -0.3 is 19.5 Å². The van der Waals surface area contributed by atoms with Gasteiger partial charge in [0.2, 0.25) is 0 Å². The van der Waals surface area contributed by atoms with Crippen LogP contribution < -0.4 is 10.5 Å². The zero-order valence-electron chi connectivity index (χ0n) is 15.0. The lowest BCUT2D eigenvalue weighted by atomic mass is 10.0. The summed E-state index contributed by atoms with van der Waals surface area (Å²) in [6.45, 7) is 3.00. The van der Waals surface area contributed by atoms with E-state index in [9.17, 15) is 18.4 Å². The molecule has 1 saturated heterocycles. The van der Waals surface area contributed by atoms with Crippen molar-refractivity contribution in [2.24, 2.45) is 7.05 Å². The number of halogens is 2. The average molecular weight is 378 g/mol. The molecule has 0 atom stereocenters. The number of carbonyl (C=O) groups is 1. The maximum absolute atomic E-state index is 13.7. The molecule has 0 saturated carbocycles. The van der Waals surface area contributed by atoms with E-state index in [-0.39, 0.29) is 16.8 Å². The number of rotatable bonds is 3. The number of amides is 1. The van der Waals surface area contributed by atoms with Gasteiger partial charge in [-0.05, 0) is 25.1 Å². The Morgan fingerprint density at radius 3 is 2.44 bits per heavy atom. The molecule has 0 aromatic carbocycles. The number of aryl methyl sites for hydroxylation is 2. The Morgan fingerprint density at radius 1 is 1.22 bits per heavy atom. The van der Waals surface area contributed by atoms with Gasteiger partial charge in [0, 0.05) is 56.1 Å². The zero-order valence-corrected chi connectivity index (χ0v) is 15.0. The van der Waals surface area contributed by atoms with Crippen molar-refractivity contribution in [1.29, 1.82) is 0 Å². The third-order valence-electron chi connectivity index (χ3n) is 4.66. The monoisotopic (exact) mass is 378 g/mol. The van der Waals surface area contributed by atoms with E-state index in [1.165, 1.54) is 15.7 Å². The van der Waals surface area contributed by atoms with Gasteiger partial charge in [-0.1, -0.05) is 0 Å². The zero-order chi connectivity index (χ0) is 19.7. The predicted octanol–water partition coefficient (Wildman–Crippen LogP) is 2.49. The quantitative estimate of drug-likeness (QED) is 0.888. The van der Waals surface area contributed by atoms with E-state index in [0.717, 1.165) is 0 Å². The molecular weight excluding hydrogens is 358 g/mol. The Bertz CT molecular complexity index is 895. The van der Waals surface area contributed by atoms with Gasteiger partial charge in [0.25, 0.3) is 12.0 Å². The van der Waals surface area contributed by atoms with Crippen molar-refractivity contribution in [1.82, 2.24) is 14.5 Å². The second-order valence-corrected chi connectivity index (χ2v) is 6.49. The minimum absolute atomic E-state index is 0.182. The molecular formula is C18H20F2N4O3. The van der Waals surface area contributed by atoms with E-state index >= 15 is 0 Å². The second kappa shape index (κ2) is 7.34. The predicted molar refractivity (Wildman–Crippen MR) is 96.4 cm³/mol. The summed E-state index contributed by atoms with van der Waals surface area (Å²) in [7, 11) is 1.57. The topological polar surface area (TPSA) is 78.7 Å². The van der Waals surface area contributed by atoms with Crippen molar-refractivity contribution >= 4 is 11.9 Å². The summed E-state index contributed by atoms with van der Waals surface area (Å²) in [4.78, 5) is 30.1. The van der Waals surface area contributed by atoms with E-state index in [1.54, 1.807) is 37.1 Å². The highest BCUT2D eigenvalue weighted by atomic mass is 19.3. The highest BCUT2D eigenvalue weighted by Gasteiger charge is 2.24. The molecule has 2 aromatic rings. The number of piperazine rings is 1. The fourth-order valence-corrected chi connectivity index (χ4v) is 3.20. The normalized spacial score (nSPS) is 14.7. The third kappa shape index (κ3) is 3.76. The molecule has 27 heavy (non-hydrogen) atoms. The first kappa shape index (κ1) is 18.8. The van der Waals surface area contributed by atoms with E-state index in [2.05, 4.69) is 4.98 Å². The molecule has 3 rings (SSSR count). The van der Waals surface area contributed by atoms with Gasteiger partial charge in [-0.15, -0.1) is 0 Å². The first-order valence-corrected chi connectivity index (χ1v) is 8.47. The molecule has 2 aromatic heterocycles. The van der Waals surface area contributed by atoms with Gasteiger partial charge in [-0.3, -0.25) is 4.79 Å². The van der Waals surface area contributed by atoms with Crippen LogP contribution in [0.2, 0.25) is 0 Å². The van der Waals surface area contributed by atoms with Crippen LogP contribution in [0, 0.1) is 6.92 Å². The summed E-state index contributed by atoms with van der Waals surface area (Å²) < 4.78 is 28.7. The van der Waals surface area contributed by atoms with Crippen LogP contribution in [0.15, 0.2) is 29.2 Å².